The summed E-state index contributed by atoms with van der Waals surface area (Å²) in [6.45, 7) is 0.880. The molecule has 4 rings (SSSR count). The summed E-state index contributed by atoms with van der Waals surface area (Å²) in [5.74, 6) is -1.39. The van der Waals surface area contributed by atoms with Gasteiger partial charge in [-0.25, -0.2) is 8.78 Å². The zero-order valence-electron chi connectivity index (χ0n) is 16.2. The van der Waals surface area contributed by atoms with E-state index < -0.39 is 28.3 Å². The summed E-state index contributed by atoms with van der Waals surface area (Å²) in [5.41, 5.74) is 1.96. The number of aliphatic hydroxyl groups is 1. The fourth-order valence-electron chi connectivity index (χ4n) is 4.04. The zero-order chi connectivity index (χ0) is 21.1. The van der Waals surface area contributed by atoms with Gasteiger partial charge in [-0.1, -0.05) is 0 Å². The van der Waals surface area contributed by atoms with Gasteiger partial charge in [0, 0.05) is 26.5 Å². The summed E-state index contributed by atoms with van der Waals surface area (Å²) in [5, 5.41) is 19.4. The highest BCUT2D eigenvalue weighted by molar-refractivity contribution is 8.36. The molecule has 0 spiro atoms. The van der Waals surface area contributed by atoms with Crippen LogP contribution < -0.4 is 0 Å². The molecule has 6 heteroatoms. The van der Waals surface area contributed by atoms with Crippen molar-refractivity contribution in [1.82, 2.24) is 0 Å². The molecule has 0 saturated carbocycles. The summed E-state index contributed by atoms with van der Waals surface area (Å²) < 4.78 is 30.0. The van der Waals surface area contributed by atoms with Gasteiger partial charge in [0.2, 0.25) is 0 Å². The molecule has 2 aromatic carbocycles. The molecule has 0 atom stereocenters. The van der Waals surface area contributed by atoms with Gasteiger partial charge in [-0.3, -0.25) is 4.79 Å². The first-order valence-corrected chi connectivity index (χ1v) is 11.5. The van der Waals surface area contributed by atoms with Crippen LogP contribution in [0.4, 0.5) is 8.78 Å². The highest BCUT2D eigenvalue weighted by atomic mass is 32.3. The van der Waals surface area contributed by atoms with Crippen LogP contribution in [0.1, 0.15) is 22.3 Å². The highest BCUT2D eigenvalue weighted by Crippen LogP contribution is 2.66. The average Bonchev–Trinajstić information content (AvgIpc) is 2.68. The lowest BCUT2D eigenvalue weighted by atomic mass is 9.86. The van der Waals surface area contributed by atoms with E-state index in [0.717, 1.165) is 15.9 Å². The maximum Gasteiger partial charge on any atom is 0.179 e. The predicted octanol–water partition coefficient (Wildman–Crippen LogP) is 4.73. The Labute approximate surface area is 169 Å². The van der Waals surface area contributed by atoms with E-state index in [-0.39, 0.29) is 28.2 Å². The first-order valence-electron chi connectivity index (χ1n) is 9.00. The van der Waals surface area contributed by atoms with E-state index in [1.165, 1.54) is 19.1 Å². The largest absolute Gasteiger partial charge is 0.508 e. The molecule has 1 aliphatic carbocycles. The molecule has 29 heavy (non-hydrogen) atoms. The maximum absolute atomic E-state index is 15.2. The number of ketones is 1. The van der Waals surface area contributed by atoms with Crippen LogP contribution in [-0.4, -0.2) is 28.5 Å². The van der Waals surface area contributed by atoms with E-state index in [0.29, 0.717) is 16.7 Å². The molecule has 0 radical (unpaired) electrons. The van der Waals surface area contributed by atoms with Crippen LogP contribution in [0, 0.1) is 18.6 Å². The van der Waals surface area contributed by atoms with Crippen LogP contribution in [0.25, 0.3) is 5.57 Å². The monoisotopic (exact) mass is 414 g/mol. The minimum Gasteiger partial charge on any atom is -0.508 e. The molecule has 0 fully saturated rings. The van der Waals surface area contributed by atoms with Crippen LogP contribution in [-0.2, 0) is 11.4 Å². The van der Waals surface area contributed by atoms with Gasteiger partial charge >= 0.3 is 0 Å². The maximum atomic E-state index is 15.2. The number of aliphatic hydroxyl groups excluding tert-OH is 1. The molecule has 3 nitrogen and oxygen atoms in total. The van der Waals surface area contributed by atoms with Gasteiger partial charge in [0.15, 0.2) is 5.78 Å². The number of hydrogen-bond donors (Lipinski definition) is 2. The lowest BCUT2D eigenvalue weighted by molar-refractivity contribution is -0.110. The van der Waals surface area contributed by atoms with Crippen molar-refractivity contribution < 1.29 is 23.8 Å². The minimum atomic E-state index is -1.67. The Morgan fingerprint density at radius 1 is 1.10 bits per heavy atom. The molecule has 0 bridgehead atoms. The Bertz CT molecular complexity index is 1170. The molecule has 150 valence electrons. The number of phenolic OH excluding ortho intramolecular Hbond substituents is 1. The van der Waals surface area contributed by atoms with Gasteiger partial charge in [0.25, 0.3) is 0 Å². The van der Waals surface area contributed by atoms with Crippen molar-refractivity contribution in [1.29, 1.82) is 0 Å². The normalized spacial score (nSPS) is 18.3. The third-order valence-electron chi connectivity index (χ3n) is 5.50. The number of rotatable bonds is 2. The lowest BCUT2D eigenvalue weighted by Crippen LogP contribution is -2.17. The van der Waals surface area contributed by atoms with Crippen LogP contribution in [0.15, 0.2) is 57.9 Å². The number of phenols is 1. The summed E-state index contributed by atoms with van der Waals surface area (Å²) in [6.07, 6.45) is 8.65. The van der Waals surface area contributed by atoms with Crippen molar-refractivity contribution in [3.8, 4) is 5.75 Å². The van der Waals surface area contributed by atoms with Crippen molar-refractivity contribution in [2.75, 3.05) is 12.5 Å². The van der Waals surface area contributed by atoms with Gasteiger partial charge < -0.3 is 10.2 Å². The van der Waals surface area contributed by atoms with E-state index in [4.69, 9.17) is 0 Å². The Balaban J connectivity index is 2.16. The fraction of sp³-hybridized carbons (Fsp3) is 0.174. The van der Waals surface area contributed by atoms with Crippen LogP contribution in [0.5, 0.6) is 5.75 Å². The number of carbonyl (C=O) groups excluding carboxylic acids is 1. The Hall–Kier alpha value is -2.70. The van der Waals surface area contributed by atoms with E-state index >= 15 is 4.39 Å². The first kappa shape index (κ1) is 19.6. The van der Waals surface area contributed by atoms with Gasteiger partial charge in [0.05, 0.1) is 6.61 Å². The topological polar surface area (TPSA) is 57.5 Å². The van der Waals surface area contributed by atoms with Gasteiger partial charge in [-0.15, -0.1) is 0 Å². The highest BCUT2D eigenvalue weighted by Gasteiger charge is 2.36. The van der Waals surface area contributed by atoms with E-state index in [1.54, 1.807) is 24.3 Å². The Morgan fingerprint density at radius 2 is 1.83 bits per heavy atom. The Morgan fingerprint density at radius 3 is 2.52 bits per heavy atom. The average molecular weight is 414 g/mol. The van der Waals surface area contributed by atoms with Crippen LogP contribution in [0.2, 0.25) is 0 Å². The molecule has 2 aliphatic rings. The number of hydrogen-bond acceptors (Lipinski definition) is 3. The van der Waals surface area contributed by atoms with Gasteiger partial charge in [0.1, 0.15) is 17.4 Å². The number of carbonyl (C=O) groups is 1. The quantitative estimate of drug-likeness (QED) is 0.747. The molecular formula is C23H20F2O3S. The summed E-state index contributed by atoms with van der Waals surface area (Å²) >= 11 is 0. The third-order valence-corrected chi connectivity index (χ3v) is 8.38. The molecular weight excluding hydrogens is 394 g/mol. The first-order chi connectivity index (χ1) is 13.7. The number of benzene rings is 2. The zero-order valence-corrected chi connectivity index (χ0v) is 17.0. The van der Waals surface area contributed by atoms with E-state index in [2.05, 4.69) is 0 Å². The van der Waals surface area contributed by atoms with Crippen molar-refractivity contribution >= 4 is 21.4 Å². The number of halogens is 2. The molecule has 2 aromatic rings. The summed E-state index contributed by atoms with van der Waals surface area (Å²) in [4.78, 5) is 13.7. The molecule has 0 saturated heterocycles. The molecule has 0 unspecified atom stereocenters. The van der Waals surface area contributed by atoms with Crippen LogP contribution in [0.3, 0.4) is 0 Å². The Kier molecular flexibility index (Phi) is 4.52. The number of fused-ring (bicyclic) bond motifs is 2. The summed E-state index contributed by atoms with van der Waals surface area (Å²) in [6, 6.07) is 5.88. The molecule has 2 N–H and O–H groups in total. The molecule has 0 amide bonds. The SMILES string of the molecule is Cc1c(F)c(CO)cc(F)c1C1=C2C=CC(=O)C=C2S(C)(C)c2cc(O)ccc21. The van der Waals surface area contributed by atoms with Crippen molar-refractivity contribution in [2.24, 2.45) is 0 Å². The van der Waals surface area contributed by atoms with Gasteiger partial charge in [-0.2, -0.15) is 10.0 Å². The molecule has 0 aromatic heterocycles. The standard InChI is InChI=1S/C23H20F2O3S/c1-12-21(18(24)8-13(11-26)23(12)25)22-16-6-4-14(27)9-19(16)29(2,3)20-10-15(28)5-7-17(20)22/h4-10,26-27H,11H2,1-3H3. The minimum absolute atomic E-state index is 0.0735. The third kappa shape index (κ3) is 2.86. The van der Waals surface area contributed by atoms with Gasteiger partial charge in [-0.05, 0) is 78.6 Å². The second-order valence-electron chi connectivity index (χ2n) is 7.53. The second-order valence-corrected chi connectivity index (χ2v) is 11.1. The predicted molar refractivity (Wildman–Crippen MR) is 111 cm³/mol. The van der Waals surface area contributed by atoms with Crippen molar-refractivity contribution in [3.63, 3.8) is 0 Å². The smallest absolute Gasteiger partial charge is 0.179 e. The second kappa shape index (κ2) is 6.68. The lowest BCUT2D eigenvalue weighted by Gasteiger charge is -2.43. The number of allylic oxidation sites excluding steroid dienone is 4. The van der Waals surface area contributed by atoms with E-state index in [9.17, 15) is 19.4 Å². The van der Waals surface area contributed by atoms with Crippen molar-refractivity contribution in [3.05, 3.63) is 86.9 Å². The summed E-state index contributed by atoms with van der Waals surface area (Å²) in [7, 11) is -1.67. The molecule has 1 heterocycles. The van der Waals surface area contributed by atoms with Crippen LogP contribution >= 0.6 is 10.0 Å². The fourth-order valence-corrected chi connectivity index (χ4v) is 6.55. The van der Waals surface area contributed by atoms with Crippen molar-refractivity contribution in [2.45, 2.75) is 18.4 Å². The number of aromatic hydroxyl groups is 1. The molecule has 1 aliphatic heterocycles. The van der Waals surface area contributed by atoms with E-state index in [1.807, 2.05) is 12.5 Å².